The van der Waals surface area contributed by atoms with Crippen LogP contribution in [0, 0.1) is 0 Å². The maximum atomic E-state index is 10.6. The lowest BCUT2D eigenvalue weighted by molar-refractivity contribution is 0.112. The number of carbonyl (C=O) groups excluding carboxylic acids is 1. The smallest absolute Gasteiger partial charge is 0.161 e. The number of thiazole rings is 1. The van der Waals surface area contributed by atoms with Crippen LogP contribution in [-0.2, 0) is 0 Å². The normalized spacial score (nSPS) is 10.7. The van der Waals surface area contributed by atoms with Crippen molar-refractivity contribution in [3.8, 4) is 16.3 Å². The van der Waals surface area contributed by atoms with Gasteiger partial charge in [-0.25, -0.2) is 4.98 Å². The third-order valence-corrected chi connectivity index (χ3v) is 3.54. The van der Waals surface area contributed by atoms with Gasteiger partial charge < -0.3 is 5.11 Å². The van der Waals surface area contributed by atoms with Gasteiger partial charge in [0.15, 0.2) is 6.29 Å². The van der Waals surface area contributed by atoms with E-state index in [0.29, 0.717) is 15.4 Å². The zero-order valence-corrected chi connectivity index (χ0v) is 10.0. The fraction of sp³-hybridized carbons (Fsp3) is 0. The Balaban J connectivity index is 2.20. The molecule has 0 saturated heterocycles. The van der Waals surface area contributed by atoms with Crippen LogP contribution in [-0.4, -0.2) is 21.4 Å². The summed E-state index contributed by atoms with van der Waals surface area (Å²) in [4.78, 5) is 19.5. The molecule has 18 heavy (non-hydrogen) atoms. The van der Waals surface area contributed by atoms with Crippen LogP contribution in [0.4, 0.5) is 0 Å². The van der Waals surface area contributed by atoms with E-state index in [1.54, 1.807) is 12.3 Å². The van der Waals surface area contributed by atoms with Gasteiger partial charge >= 0.3 is 0 Å². The third-order valence-electron chi connectivity index (χ3n) is 2.57. The zero-order chi connectivity index (χ0) is 12.5. The highest BCUT2D eigenvalue weighted by Crippen LogP contribution is 2.32. The van der Waals surface area contributed by atoms with Crippen LogP contribution in [0.1, 0.15) is 9.67 Å². The van der Waals surface area contributed by atoms with E-state index in [1.165, 1.54) is 17.5 Å². The predicted molar refractivity (Wildman–Crippen MR) is 69.9 cm³/mol. The number of benzene rings is 1. The van der Waals surface area contributed by atoms with Gasteiger partial charge in [-0.15, -0.1) is 11.3 Å². The highest BCUT2D eigenvalue weighted by atomic mass is 32.1. The van der Waals surface area contributed by atoms with Gasteiger partial charge in [0.05, 0.1) is 4.88 Å². The van der Waals surface area contributed by atoms with E-state index in [2.05, 4.69) is 9.97 Å². The summed E-state index contributed by atoms with van der Waals surface area (Å²) >= 11 is 1.29. The first-order chi connectivity index (χ1) is 8.78. The molecule has 0 spiro atoms. The van der Waals surface area contributed by atoms with Gasteiger partial charge in [-0.2, -0.15) is 0 Å². The van der Waals surface area contributed by atoms with E-state index in [0.717, 1.165) is 17.2 Å². The topological polar surface area (TPSA) is 63.1 Å². The molecule has 1 aromatic carbocycles. The van der Waals surface area contributed by atoms with Gasteiger partial charge in [0.1, 0.15) is 16.3 Å². The van der Waals surface area contributed by atoms with E-state index in [4.69, 9.17) is 0 Å². The average Bonchev–Trinajstić information content (AvgIpc) is 2.87. The number of pyridine rings is 1. The second-order valence-corrected chi connectivity index (χ2v) is 4.82. The molecular formula is C13H8N2O2S. The summed E-state index contributed by atoms with van der Waals surface area (Å²) in [5, 5.41) is 11.5. The molecule has 0 aliphatic carbocycles. The minimum Gasteiger partial charge on any atom is -0.506 e. The number of aldehydes is 1. The maximum Gasteiger partial charge on any atom is 0.161 e. The summed E-state index contributed by atoms with van der Waals surface area (Å²) in [5.41, 5.74) is 1.35. The van der Waals surface area contributed by atoms with Crippen molar-refractivity contribution >= 4 is 28.5 Å². The van der Waals surface area contributed by atoms with Crippen LogP contribution in [0.25, 0.3) is 21.5 Å². The lowest BCUT2D eigenvalue weighted by Gasteiger charge is -2.02. The molecule has 88 valence electrons. The lowest BCUT2D eigenvalue weighted by Crippen LogP contribution is -1.81. The van der Waals surface area contributed by atoms with Gasteiger partial charge in [-0.1, -0.05) is 6.07 Å². The van der Waals surface area contributed by atoms with Crippen LogP contribution in [0.2, 0.25) is 0 Å². The number of nitrogens with zero attached hydrogens (tertiary/aromatic N) is 2. The number of phenolic OH excluding ortho intramolecular Hbond substituents is 1. The van der Waals surface area contributed by atoms with Crippen molar-refractivity contribution in [3.05, 3.63) is 41.5 Å². The van der Waals surface area contributed by atoms with Gasteiger partial charge in [0.2, 0.25) is 0 Å². The molecule has 0 atom stereocenters. The number of fused-ring (bicyclic) bond motifs is 1. The van der Waals surface area contributed by atoms with Gasteiger partial charge in [-0.05, 0) is 18.2 Å². The van der Waals surface area contributed by atoms with E-state index < -0.39 is 0 Å². The van der Waals surface area contributed by atoms with Crippen molar-refractivity contribution in [1.82, 2.24) is 9.97 Å². The number of rotatable bonds is 2. The van der Waals surface area contributed by atoms with Crippen molar-refractivity contribution in [2.75, 3.05) is 0 Å². The van der Waals surface area contributed by atoms with E-state index >= 15 is 0 Å². The standard InChI is InChI=1S/C13H8N2O2S/c16-7-10-6-15-13(18-10)9-4-8-2-1-3-14-12(8)11(17)5-9/h1-7,17H. The second-order valence-electron chi connectivity index (χ2n) is 3.76. The number of aromatic nitrogens is 2. The molecule has 5 heteroatoms. The Bertz CT molecular complexity index is 737. The largest absolute Gasteiger partial charge is 0.506 e. The SMILES string of the molecule is O=Cc1cnc(-c2cc(O)c3ncccc3c2)s1. The van der Waals surface area contributed by atoms with Crippen LogP contribution >= 0.6 is 11.3 Å². The van der Waals surface area contributed by atoms with Crippen LogP contribution in [0.3, 0.4) is 0 Å². The lowest BCUT2D eigenvalue weighted by atomic mass is 10.1. The van der Waals surface area contributed by atoms with E-state index in [-0.39, 0.29) is 5.75 Å². The number of aromatic hydroxyl groups is 1. The molecule has 0 bridgehead atoms. The summed E-state index contributed by atoms with van der Waals surface area (Å²) in [6.07, 6.45) is 3.93. The molecule has 0 unspecified atom stereocenters. The fourth-order valence-electron chi connectivity index (χ4n) is 1.77. The summed E-state index contributed by atoms with van der Waals surface area (Å²) in [6, 6.07) is 7.20. The Kier molecular flexibility index (Phi) is 2.53. The first kappa shape index (κ1) is 10.9. The Labute approximate surface area is 107 Å². The van der Waals surface area contributed by atoms with Gasteiger partial charge in [0.25, 0.3) is 0 Å². The molecule has 1 N–H and O–H groups in total. The van der Waals surface area contributed by atoms with E-state index in [9.17, 15) is 9.90 Å². The van der Waals surface area contributed by atoms with Gasteiger partial charge in [-0.3, -0.25) is 9.78 Å². The van der Waals surface area contributed by atoms with Crippen LogP contribution in [0.15, 0.2) is 36.7 Å². The minimum absolute atomic E-state index is 0.117. The molecule has 0 aliphatic rings. The monoisotopic (exact) mass is 256 g/mol. The summed E-state index contributed by atoms with van der Waals surface area (Å²) in [5.74, 6) is 0.117. The summed E-state index contributed by atoms with van der Waals surface area (Å²) in [6.45, 7) is 0. The molecule has 3 rings (SSSR count). The zero-order valence-electron chi connectivity index (χ0n) is 9.20. The highest BCUT2D eigenvalue weighted by Gasteiger charge is 2.09. The fourth-order valence-corrected chi connectivity index (χ4v) is 2.49. The molecule has 0 radical (unpaired) electrons. The number of hydrogen-bond acceptors (Lipinski definition) is 5. The quantitative estimate of drug-likeness (QED) is 0.716. The number of phenols is 1. The first-order valence-electron chi connectivity index (χ1n) is 5.27. The highest BCUT2D eigenvalue weighted by molar-refractivity contribution is 7.16. The Hall–Kier alpha value is -2.27. The van der Waals surface area contributed by atoms with Crippen LogP contribution < -0.4 is 0 Å². The number of carbonyl (C=O) groups is 1. The molecule has 2 aromatic heterocycles. The summed E-state index contributed by atoms with van der Waals surface area (Å²) in [7, 11) is 0. The average molecular weight is 256 g/mol. The molecule has 0 saturated carbocycles. The minimum atomic E-state index is 0.117. The molecule has 2 heterocycles. The summed E-state index contributed by atoms with van der Waals surface area (Å²) < 4.78 is 0. The Morgan fingerprint density at radius 2 is 2.17 bits per heavy atom. The molecule has 0 aliphatic heterocycles. The molecule has 0 amide bonds. The molecule has 3 aromatic rings. The van der Waals surface area contributed by atoms with Gasteiger partial charge in [0, 0.05) is 23.3 Å². The van der Waals surface area contributed by atoms with Crippen molar-refractivity contribution in [1.29, 1.82) is 0 Å². The van der Waals surface area contributed by atoms with Crippen molar-refractivity contribution in [3.63, 3.8) is 0 Å². The predicted octanol–water partition coefficient (Wildman–Crippen LogP) is 2.88. The van der Waals surface area contributed by atoms with Crippen molar-refractivity contribution in [2.45, 2.75) is 0 Å². The Morgan fingerprint density at radius 3 is 2.94 bits per heavy atom. The van der Waals surface area contributed by atoms with E-state index in [1.807, 2.05) is 18.2 Å². The maximum absolute atomic E-state index is 10.6. The van der Waals surface area contributed by atoms with Crippen LogP contribution in [0.5, 0.6) is 5.75 Å². The third kappa shape index (κ3) is 1.74. The molecular weight excluding hydrogens is 248 g/mol. The Morgan fingerprint density at radius 1 is 1.28 bits per heavy atom. The molecule has 4 nitrogen and oxygen atoms in total. The molecule has 0 fully saturated rings. The first-order valence-corrected chi connectivity index (χ1v) is 6.09. The number of hydrogen-bond donors (Lipinski definition) is 1. The van der Waals surface area contributed by atoms with Crippen molar-refractivity contribution in [2.24, 2.45) is 0 Å². The van der Waals surface area contributed by atoms with Crippen molar-refractivity contribution < 1.29 is 9.90 Å². The second kappa shape index (κ2) is 4.19.